The molecule has 15 heavy (non-hydrogen) atoms. The van der Waals surface area contributed by atoms with Crippen LogP contribution in [-0.4, -0.2) is 18.5 Å². The van der Waals surface area contributed by atoms with E-state index in [0.29, 0.717) is 18.1 Å². The monoisotopic (exact) mass is 230 g/mol. The molecule has 0 atom stereocenters. The van der Waals surface area contributed by atoms with Crippen LogP contribution >= 0.6 is 11.6 Å². The zero-order valence-electron chi connectivity index (χ0n) is 8.21. The highest BCUT2D eigenvalue weighted by Crippen LogP contribution is 2.05. The first-order valence-electron chi connectivity index (χ1n) is 4.72. The Morgan fingerprint density at radius 2 is 1.93 bits per heavy atom. The molecule has 0 fully saturated rings. The lowest BCUT2D eigenvalue weighted by molar-refractivity contribution is 0.0500. The summed E-state index contributed by atoms with van der Waals surface area (Å²) in [4.78, 5) is 11.3. The molecule has 0 aromatic heterocycles. The number of alkyl halides is 1. The molecule has 1 aromatic carbocycles. The van der Waals surface area contributed by atoms with E-state index in [4.69, 9.17) is 16.3 Å². The lowest BCUT2D eigenvalue weighted by atomic mass is 10.2. The van der Waals surface area contributed by atoms with Crippen LogP contribution in [-0.2, 0) is 4.74 Å². The molecular formula is C11H12ClFO2. The summed E-state index contributed by atoms with van der Waals surface area (Å²) in [5.74, 6) is -0.230. The first kappa shape index (κ1) is 12.0. The lowest BCUT2D eigenvalue weighted by Crippen LogP contribution is -2.06. The number of carbonyl (C=O) groups excluding carboxylic acids is 1. The van der Waals surface area contributed by atoms with Gasteiger partial charge in [-0.25, -0.2) is 9.18 Å². The van der Waals surface area contributed by atoms with Crippen LogP contribution < -0.4 is 0 Å². The van der Waals surface area contributed by atoms with Gasteiger partial charge in [0, 0.05) is 5.88 Å². The molecule has 1 rings (SSSR count). The molecule has 0 aliphatic carbocycles. The Morgan fingerprint density at radius 3 is 2.53 bits per heavy atom. The van der Waals surface area contributed by atoms with Crippen LogP contribution in [0, 0.1) is 5.82 Å². The van der Waals surface area contributed by atoms with Crippen molar-refractivity contribution >= 4 is 17.6 Å². The van der Waals surface area contributed by atoms with Gasteiger partial charge in [-0.15, -0.1) is 11.6 Å². The van der Waals surface area contributed by atoms with Crippen molar-refractivity contribution < 1.29 is 13.9 Å². The molecule has 0 saturated heterocycles. The second-order valence-electron chi connectivity index (χ2n) is 3.04. The molecule has 0 bridgehead atoms. The van der Waals surface area contributed by atoms with Crippen LogP contribution in [0.5, 0.6) is 0 Å². The van der Waals surface area contributed by atoms with Crippen LogP contribution in [0.3, 0.4) is 0 Å². The largest absolute Gasteiger partial charge is 0.462 e. The molecule has 82 valence electrons. The average Bonchev–Trinajstić information content (AvgIpc) is 2.25. The summed E-state index contributed by atoms with van der Waals surface area (Å²) in [5.41, 5.74) is 0.363. The van der Waals surface area contributed by atoms with Crippen LogP contribution in [0.1, 0.15) is 23.2 Å². The zero-order valence-corrected chi connectivity index (χ0v) is 8.97. The summed E-state index contributed by atoms with van der Waals surface area (Å²) < 4.78 is 17.5. The SMILES string of the molecule is O=C(OCCCCCl)c1ccc(F)cc1. The summed E-state index contributed by atoms with van der Waals surface area (Å²) in [7, 11) is 0. The van der Waals surface area contributed by atoms with E-state index in [2.05, 4.69) is 0 Å². The number of hydrogen-bond acceptors (Lipinski definition) is 2. The third-order valence-electron chi connectivity index (χ3n) is 1.84. The minimum Gasteiger partial charge on any atom is -0.462 e. The maximum absolute atomic E-state index is 12.5. The second-order valence-corrected chi connectivity index (χ2v) is 3.42. The van der Waals surface area contributed by atoms with Crippen molar-refractivity contribution in [1.29, 1.82) is 0 Å². The molecule has 0 aliphatic heterocycles. The van der Waals surface area contributed by atoms with Gasteiger partial charge >= 0.3 is 5.97 Å². The first-order chi connectivity index (χ1) is 7.24. The van der Waals surface area contributed by atoms with Crippen LogP contribution in [0.15, 0.2) is 24.3 Å². The van der Waals surface area contributed by atoms with E-state index >= 15 is 0 Å². The number of ether oxygens (including phenoxy) is 1. The summed E-state index contributed by atoms with van der Waals surface area (Å²) >= 11 is 5.47. The summed E-state index contributed by atoms with van der Waals surface area (Å²) in [6, 6.07) is 5.27. The molecule has 1 aromatic rings. The summed E-state index contributed by atoms with van der Waals surface area (Å²) in [6.45, 7) is 0.350. The molecule has 0 aliphatic rings. The van der Waals surface area contributed by atoms with E-state index in [1.165, 1.54) is 24.3 Å². The smallest absolute Gasteiger partial charge is 0.338 e. The molecule has 0 N–H and O–H groups in total. The lowest BCUT2D eigenvalue weighted by Gasteiger charge is -2.03. The van der Waals surface area contributed by atoms with E-state index in [0.717, 1.165) is 12.8 Å². The number of hydrogen-bond donors (Lipinski definition) is 0. The predicted octanol–water partition coefficient (Wildman–Crippen LogP) is 3.00. The quantitative estimate of drug-likeness (QED) is 0.442. The number of benzene rings is 1. The van der Waals surface area contributed by atoms with Gasteiger partial charge < -0.3 is 4.74 Å². The Kier molecular flexibility index (Phi) is 5.12. The van der Waals surface area contributed by atoms with Crippen molar-refractivity contribution in [2.24, 2.45) is 0 Å². The van der Waals surface area contributed by atoms with Crippen LogP contribution in [0.4, 0.5) is 4.39 Å². The zero-order chi connectivity index (χ0) is 11.1. The van der Waals surface area contributed by atoms with Crippen molar-refractivity contribution in [2.45, 2.75) is 12.8 Å². The molecule has 0 radical (unpaired) electrons. The number of unbranched alkanes of at least 4 members (excludes halogenated alkanes) is 1. The van der Waals surface area contributed by atoms with Gasteiger partial charge in [0.25, 0.3) is 0 Å². The minimum atomic E-state index is -0.426. The fraction of sp³-hybridized carbons (Fsp3) is 0.364. The van der Waals surface area contributed by atoms with Gasteiger partial charge in [0.05, 0.1) is 12.2 Å². The number of esters is 1. The first-order valence-corrected chi connectivity index (χ1v) is 5.26. The normalized spacial score (nSPS) is 10.0. The van der Waals surface area contributed by atoms with Gasteiger partial charge in [0.2, 0.25) is 0 Å². The van der Waals surface area contributed by atoms with Gasteiger partial charge in [-0.3, -0.25) is 0 Å². The summed E-state index contributed by atoms with van der Waals surface area (Å²) in [5, 5.41) is 0. The third-order valence-corrected chi connectivity index (χ3v) is 2.11. The number of carbonyl (C=O) groups is 1. The van der Waals surface area contributed by atoms with E-state index in [-0.39, 0.29) is 5.82 Å². The maximum atomic E-state index is 12.5. The van der Waals surface area contributed by atoms with Crippen molar-refractivity contribution in [3.8, 4) is 0 Å². The predicted molar refractivity (Wildman–Crippen MR) is 56.6 cm³/mol. The Labute approximate surface area is 93.0 Å². The Morgan fingerprint density at radius 1 is 1.27 bits per heavy atom. The molecule has 2 nitrogen and oxygen atoms in total. The van der Waals surface area contributed by atoms with Gasteiger partial charge in [0.15, 0.2) is 0 Å². The minimum absolute atomic E-state index is 0.350. The highest BCUT2D eigenvalue weighted by molar-refractivity contribution is 6.17. The number of rotatable bonds is 5. The second kappa shape index (κ2) is 6.40. The van der Waals surface area contributed by atoms with Gasteiger partial charge in [0.1, 0.15) is 5.82 Å². The fourth-order valence-corrected chi connectivity index (χ4v) is 1.22. The molecular weight excluding hydrogens is 219 g/mol. The highest BCUT2D eigenvalue weighted by Gasteiger charge is 2.05. The van der Waals surface area contributed by atoms with Crippen molar-refractivity contribution in [3.63, 3.8) is 0 Å². The van der Waals surface area contributed by atoms with Crippen LogP contribution in [0.2, 0.25) is 0 Å². The Balaban J connectivity index is 2.37. The Bertz CT molecular complexity index is 311. The van der Waals surface area contributed by atoms with E-state index in [1.54, 1.807) is 0 Å². The maximum Gasteiger partial charge on any atom is 0.338 e. The molecule has 0 spiro atoms. The van der Waals surface area contributed by atoms with E-state index in [9.17, 15) is 9.18 Å². The molecule has 0 heterocycles. The fourth-order valence-electron chi connectivity index (χ4n) is 1.03. The van der Waals surface area contributed by atoms with Gasteiger partial charge in [-0.1, -0.05) is 0 Å². The molecule has 0 unspecified atom stereocenters. The topological polar surface area (TPSA) is 26.3 Å². The van der Waals surface area contributed by atoms with Crippen molar-refractivity contribution in [2.75, 3.05) is 12.5 Å². The van der Waals surface area contributed by atoms with E-state index < -0.39 is 5.97 Å². The molecule has 0 saturated carbocycles. The van der Waals surface area contributed by atoms with Gasteiger partial charge in [-0.05, 0) is 37.1 Å². The average molecular weight is 231 g/mol. The van der Waals surface area contributed by atoms with Crippen molar-refractivity contribution in [3.05, 3.63) is 35.6 Å². The third kappa shape index (κ3) is 4.30. The Hall–Kier alpha value is -1.09. The van der Waals surface area contributed by atoms with E-state index in [1.807, 2.05) is 0 Å². The van der Waals surface area contributed by atoms with Crippen LogP contribution in [0.25, 0.3) is 0 Å². The van der Waals surface area contributed by atoms with Gasteiger partial charge in [-0.2, -0.15) is 0 Å². The molecule has 0 amide bonds. The number of halogens is 2. The summed E-state index contributed by atoms with van der Waals surface area (Å²) in [6.07, 6.45) is 1.56. The van der Waals surface area contributed by atoms with Crippen molar-refractivity contribution in [1.82, 2.24) is 0 Å². The standard InChI is InChI=1S/C11H12ClFO2/c12-7-1-2-8-15-11(14)9-3-5-10(13)6-4-9/h3-6H,1-2,7-8H2. The molecule has 4 heteroatoms. The highest BCUT2D eigenvalue weighted by atomic mass is 35.5.